The average molecular weight is 831 g/mol. The average Bonchev–Trinajstić information content (AvgIpc) is 3.66. The zero-order chi connectivity index (χ0) is 43.3. The monoisotopic (exact) mass is 830 g/mol. The molecule has 0 saturated heterocycles. The number of rotatable bonds is 17. The van der Waals surface area contributed by atoms with Crippen molar-refractivity contribution in [3.8, 4) is 28.5 Å². The van der Waals surface area contributed by atoms with Crippen LogP contribution in [0.2, 0.25) is 0 Å². The van der Waals surface area contributed by atoms with E-state index in [2.05, 4.69) is 10.1 Å². The van der Waals surface area contributed by atoms with Crippen LogP contribution in [0, 0.1) is 5.82 Å². The standard InChI is InChI=1S/C44H51FN4O9S/c1-28(2)35-21-32(45)22-36(37(35)23-41(50)58-43(3,4)5)31-18-19-46-39(20-31)57-27-44(6,7)49-38(42(51)52)24-40(47-49)59(53,54)48(25-29-10-14-33(55-8)15-11-29)26-30-12-16-34(56-9)17-13-30/h10-22,24,28H,23,25-27H2,1-9H3,(H,51,52). The lowest BCUT2D eigenvalue weighted by molar-refractivity contribution is -0.153. The number of carboxylic acid groups (broad SMARTS) is 1. The number of pyridine rings is 1. The molecule has 0 bridgehead atoms. The number of halogens is 1. The van der Waals surface area contributed by atoms with E-state index in [4.69, 9.17) is 18.9 Å². The number of aromatic nitrogens is 3. The first-order chi connectivity index (χ1) is 27.7. The number of carboxylic acids is 1. The molecule has 0 atom stereocenters. The second kappa shape index (κ2) is 18.0. The van der Waals surface area contributed by atoms with Crippen LogP contribution in [0.4, 0.5) is 4.39 Å². The minimum Gasteiger partial charge on any atom is -0.497 e. The number of sulfonamides is 1. The van der Waals surface area contributed by atoms with Crippen LogP contribution in [0.15, 0.2) is 90.1 Å². The van der Waals surface area contributed by atoms with Gasteiger partial charge in [0.25, 0.3) is 10.0 Å². The number of nitrogens with zero attached hydrogens (tertiary/aromatic N) is 4. The second-order valence-corrected chi connectivity index (χ2v) is 17.9. The van der Waals surface area contributed by atoms with Crippen molar-refractivity contribution in [2.75, 3.05) is 20.8 Å². The first-order valence-electron chi connectivity index (χ1n) is 18.9. The number of carbonyl (C=O) groups excluding carboxylic acids is 1. The van der Waals surface area contributed by atoms with E-state index < -0.39 is 43.9 Å². The summed E-state index contributed by atoms with van der Waals surface area (Å²) in [5.74, 6) is -1.11. The van der Waals surface area contributed by atoms with Gasteiger partial charge in [-0.3, -0.25) is 4.79 Å². The quantitative estimate of drug-likeness (QED) is 0.0905. The van der Waals surface area contributed by atoms with E-state index in [0.29, 0.717) is 44.9 Å². The van der Waals surface area contributed by atoms with Gasteiger partial charge in [-0.25, -0.2) is 27.3 Å². The number of hydrogen-bond donors (Lipinski definition) is 1. The van der Waals surface area contributed by atoms with Crippen LogP contribution in [-0.2, 0) is 44.6 Å². The molecule has 0 saturated carbocycles. The molecule has 0 amide bonds. The first-order valence-corrected chi connectivity index (χ1v) is 20.4. The maximum Gasteiger partial charge on any atom is 0.354 e. The lowest BCUT2D eigenvalue weighted by Crippen LogP contribution is -2.37. The molecule has 5 rings (SSSR count). The SMILES string of the molecule is COc1ccc(CN(Cc2ccc(OC)cc2)S(=O)(=O)c2cc(C(=O)O)n(C(C)(C)COc3cc(-c4cc(F)cc(C(C)C)c4CC(=O)OC(C)(C)C)ccn3)n2)cc1. The van der Waals surface area contributed by atoms with Crippen molar-refractivity contribution in [3.63, 3.8) is 0 Å². The molecule has 0 radical (unpaired) electrons. The summed E-state index contributed by atoms with van der Waals surface area (Å²) in [5.41, 5.74) is 1.27. The molecular weight excluding hydrogens is 780 g/mol. The molecule has 2 aromatic heterocycles. The zero-order valence-electron chi connectivity index (χ0n) is 34.8. The van der Waals surface area contributed by atoms with Crippen molar-refractivity contribution in [1.82, 2.24) is 19.1 Å². The second-order valence-electron chi connectivity index (χ2n) is 16.0. The lowest BCUT2D eigenvalue weighted by Gasteiger charge is -2.27. The molecule has 3 aromatic carbocycles. The van der Waals surface area contributed by atoms with Crippen molar-refractivity contribution in [2.45, 2.75) is 90.1 Å². The summed E-state index contributed by atoms with van der Waals surface area (Å²) >= 11 is 0. The molecule has 0 unspecified atom stereocenters. The Hall–Kier alpha value is -5.80. The Balaban J connectivity index is 1.46. The largest absolute Gasteiger partial charge is 0.497 e. The summed E-state index contributed by atoms with van der Waals surface area (Å²) in [6.45, 7) is 12.2. The van der Waals surface area contributed by atoms with Gasteiger partial charge in [0.1, 0.15) is 35.2 Å². The Morgan fingerprint density at radius 2 is 1.44 bits per heavy atom. The highest BCUT2D eigenvalue weighted by atomic mass is 32.2. The minimum absolute atomic E-state index is 0.0500. The third-order valence-corrected chi connectivity index (χ3v) is 11.0. The smallest absolute Gasteiger partial charge is 0.354 e. The van der Waals surface area contributed by atoms with Crippen LogP contribution >= 0.6 is 0 Å². The number of methoxy groups -OCH3 is 2. The van der Waals surface area contributed by atoms with E-state index in [1.165, 1.54) is 36.9 Å². The fourth-order valence-corrected chi connectivity index (χ4v) is 7.79. The third kappa shape index (κ3) is 11.0. The van der Waals surface area contributed by atoms with Crippen molar-refractivity contribution in [3.05, 3.63) is 119 Å². The van der Waals surface area contributed by atoms with Gasteiger partial charge >= 0.3 is 11.9 Å². The van der Waals surface area contributed by atoms with Gasteiger partial charge in [-0.15, -0.1) is 0 Å². The van der Waals surface area contributed by atoms with Crippen LogP contribution in [-0.4, -0.2) is 71.0 Å². The molecule has 1 N–H and O–H groups in total. The number of hydrogen-bond acceptors (Lipinski definition) is 10. The fourth-order valence-electron chi connectivity index (χ4n) is 6.44. The van der Waals surface area contributed by atoms with Crippen molar-refractivity contribution in [2.24, 2.45) is 0 Å². The fraction of sp³-hybridized carbons (Fsp3) is 0.364. The van der Waals surface area contributed by atoms with Crippen LogP contribution in [0.5, 0.6) is 17.4 Å². The van der Waals surface area contributed by atoms with Gasteiger partial charge in [-0.05, 0) is 116 Å². The van der Waals surface area contributed by atoms with Gasteiger partial charge in [-0.1, -0.05) is 38.1 Å². The topological polar surface area (TPSA) is 159 Å². The molecule has 0 aliphatic heterocycles. The maximum atomic E-state index is 15.1. The van der Waals surface area contributed by atoms with E-state index in [1.54, 1.807) is 95.3 Å². The van der Waals surface area contributed by atoms with Gasteiger partial charge < -0.3 is 24.1 Å². The highest BCUT2D eigenvalue weighted by molar-refractivity contribution is 7.89. The van der Waals surface area contributed by atoms with Crippen LogP contribution in [0.1, 0.15) is 87.1 Å². The Labute approximate surface area is 344 Å². The normalized spacial score (nSPS) is 12.1. The molecule has 0 fully saturated rings. The lowest BCUT2D eigenvalue weighted by atomic mass is 9.88. The summed E-state index contributed by atoms with van der Waals surface area (Å²) in [5, 5.41) is 14.2. The van der Waals surface area contributed by atoms with Gasteiger partial charge in [0, 0.05) is 31.4 Å². The molecule has 5 aromatic rings. The highest BCUT2D eigenvalue weighted by Crippen LogP contribution is 2.34. The minimum atomic E-state index is -4.41. The van der Waals surface area contributed by atoms with E-state index in [-0.39, 0.29) is 43.6 Å². The van der Waals surface area contributed by atoms with E-state index in [0.717, 1.165) is 10.7 Å². The molecule has 15 heteroatoms. The van der Waals surface area contributed by atoms with Crippen LogP contribution < -0.4 is 14.2 Å². The Morgan fingerprint density at radius 1 is 0.864 bits per heavy atom. The van der Waals surface area contributed by atoms with Gasteiger partial charge in [0.15, 0.2) is 5.03 Å². The summed E-state index contributed by atoms with van der Waals surface area (Å²) in [6, 6.07) is 21.0. The molecule has 0 aliphatic rings. The molecule has 0 spiro atoms. The zero-order valence-corrected chi connectivity index (χ0v) is 35.6. The molecule has 13 nitrogen and oxygen atoms in total. The van der Waals surface area contributed by atoms with Crippen molar-refractivity contribution >= 4 is 22.0 Å². The third-order valence-electron chi connectivity index (χ3n) is 9.35. The van der Waals surface area contributed by atoms with Crippen molar-refractivity contribution < 1.29 is 46.5 Å². The number of esters is 1. The van der Waals surface area contributed by atoms with Gasteiger partial charge in [0.2, 0.25) is 5.88 Å². The Kier molecular flexibility index (Phi) is 13.5. The van der Waals surface area contributed by atoms with Gasteiger partial charge in [0.05, 0.1) is 26.2 Å². The highest BCUT2D eigenvalue weighted by Gasteiger charge is 2.35. The van der Waals surface area contributed by atoms with E-state index in [1.807, 2.05) is 13.8 Å². The summed E-state index contributed by atoms with van der Waals surface area (Å²) in [7, 11) is -1.34. The predicted molar refractivity (Wildman–Crippen MR) is 220 cm³/mol. The van der Waals surface area contributed by atoms with Gasteiger partial charge in [-0.2, -0.15) is 9.40 Å². The molecule has 314 valence electrons. The van der Waals surface area contributed by atoms with Crippen LogP contribution in [0.3, 0.4) is 0 Å². The summed E-state index contributed by atoms with van der Waals surface area (Å²) < 4.78 is 68.5. The Morgan fingerprint density at radius 3 is 1.95 bits per heavy atom. The molecule has 2 heterocycles. The summed E-state index contributed by atoms with van der Waals surface area (Å²) in [6.07, 6.45) is 1.39. The number of benzene rings is 3. The maximum absolute atomic E-state index is 15.1. The number of aromatic carboxylic acids is 1. The van der Waals surface area contributed by atoms with E-state index >= 15 is 4.39 Å². The van der Waals surface area contributed by atoms with Crippen molar-refractivity contribution in [1.29, 1.82) is 0 Å². The molecular formula is C44H51FN4O9S. The van der Waals surface area contributed by atoms with E-state index in [9.17, 15) is 23.1 Å². The number of carbonyl (C=O) groups is 2. The summed E-state index contributed by atoms with van der Waals surface area (Å²) in [4.78, 5) is 30.0. The molecule has 59 heavy (non-hydrogen) atoms. The Bertz CT molecular complexity index is 2340. The number of ether oxygens (including phenoxy) is 4. The first kappa shape index (κ1) is 44.3. The van der Waals surface area contributed by atoms with Crippen LogP contribution in [0.25, 0.3) is 11.1 Å². The molecule has 0 aliphatic carbocycles. The predicted octanol–water partition coefficient (Wildman–Crippen LogP) is 8.01.